The van der Waals surface area contributed by atoms with Gasteiger partial charge in [-0.2, -0.15) is 0 Å². The van der Waals surface area contributed by atoms with Crippen LogP contribution < -0.4 is 0 Å². The fourth-order valence-electron chi connectivity index (χ4n) is 0.840. The summed E-state index contributed by atoms with van der Waals surface area (Å²) in [5, 5.41) is 8.34. The Labute approximate surface area is 78.8 Å². The molecule has 0 aliphatic carbocycles. The van der Waals surface area contributed by atoms with E-state index in [1.54, 1.807) is 0 Å². The normalized spacial score (nSPS) is 12.8. The van der Waals surface area contributed by atoms with E-state index in [0.717, 1.165) is 0 Å². The molecule has 78 valence electrons. The van der Waals surface area contributed by atoms with E-state index in [0.29, 0.717) is 26.2 Å². The van der Waals surface area contributed by atoms with Gasteiger partial charge in [0, 0.05) is 19.6 Å². The molecule has 0 amide bonds. The van der Waals surface area contributed by atoms with E-state index in [4.69, 9.17) is 14.6 Å². The van der Waals surface area contributed by atoms with Gasteiger partial charge in [-0.15, -0.1) is 0 Å². The topological polar surface area (TPSA) is 55.8 Å². The quantitative estimate of drug-likeness (QED) is 0.586. The number of ether oxygens (including phenoxy) is 2. The van der Waals surface area contributed by atoms with Crippen LogP contribution in [0.2, 0.25) is 0 Å². The number of carboxylic acids is 1. The summed E-state index contributed by atoms with van der Waals surface area (Å²) < 4.78 is 10.4. The molecule has 0 aromatic heterocycles. The highest BCUT2D eigenvalue weighted by molar-refractivity contribution is 5.66. The van der Waals surface area contributed by atoms with Crippen molar-refractivity contribution in [2.24, 2.45) is 0 Å². The van der Waals surface area contributed by atoms with Crippen molar-refractivity contribution in [1.29, 1.82) is 0 Å². The van der Waals surface area contributed by atoms with Crippen LogP contribution in [0.25, 0.3) is 0 Å². The summed E-state index contributed by atoms with van der Waals surface area (Å²) in [5.41, 5.74) is 0. The van der Waals surface area contributed by atoms with Crippen LogP contribution in [0.15, 0.2) is 0 Å². The molecule has 0 bridgehead atoms. The highest BCUT2D eigenvalue weighted by atomic mass is 16.5. The summed E-state index contributed by atoms with van der Waals surface area (Å²) in [6.07, 6.45) is 0.779. The molecule has 0 aromatic rings. The third-order valence-electron chi connectivity index (χ3n) is 1.49. The zero-order valence-corrected chi connectivity index (χ0v) is 8.28. The molecule has 0 spiro atoms. The Morgan fingerprint density at radius 2 is 2.23 bits per heavy atom. The molecule has 1 N–H and O–H groups in total. The van der Waals surface area contributed by atoms with Gasteiger partial charge in [-0.3, -0.25) is 4.79 Å². The Morgan fingerprint density at radius 3 is 2.77 bits per heavy atom. The van der Waals surface area contributed by atoms with Crippen molar-refractivity contribution in [3.8, 4) is 0 Å². The molecule has 0 aliphatic rings. The molecule has 0 rings (SSSR count). The Balaban J connectivity index is 3.16. The maximum Gasteiger partial charge on any atom is 0.303 e. The average molecular weight is 190 g/mol. The first-order chi connectivity index (χ1) is 6.16. The molecule has 0 radical (unpaired) electrons. The average Bonchev–Trinajstić information content (AvgIpc) is 2.08. The van der Waals surface area contributed by atoms with Crippen LogP contribution >= 0.6 is 0 Å². The van der Waals surface area contributed by atoms with Crippen molar-refractivity contribution in [3.63, 3.8) is 0 Å². The van der Waals surface area contributed by atoms with Gasteiger partial charge < -0.3 is 14.6 Å². The summed E-state index contributed by atoms with van der Waals surface area (Å²) in [7, 11) is 0. The van der Waals surface area contributed by atoms with Gasteiger partial charge in [-0.25, -0.2) is 0 Å². The van der Waals surface area contributed by atoms with E-state index in [2.05, 4.69) is 0 Å². The number of carboxylic acid groups (broad SMARTS) is 1. The molecule has 4 heteroatoms. The van der Waals surface area contributed by atoms with Crippen molar-refractivity contribution in [2.75, 3.05) is 19.8 Å². The maximum atomic E-state index is 10.1. The highest BCUT2D eigenvalue weighted by Gasteiger charge is 2.02. The van der Waals surface area contributed by atoms with E-state index in [-0.39, 0.29) is 12.5 Å². The SMILES string of the molecule is CCOCC(C)OCCCC(=O)O. The van der Waals surface area contributed by atoms with Crippen molar-refractivity contribution in [1.82, 2.24) is 0 Å². The van der Waals surface area contributed by atoms with Gasteiger partial charge in [0.25, 0.3) is 0 Å². The van der Waals surface area contributed by atoms with Crippen molar-refractivity contribution in [2.45, 2.75) is 32.8 Å². The fourth-order valence-corrected chi connectivity index (χ4v) is 0.840. The van der Waals surface area contributed by atoms with Crippen molar-refractivity contribution in [3.05, 3.63) is 0 Å². The molecular weight excluding hydrogens is 172 g/mol. The Morgan fingerprint density at radius 1 is 1.54 bits per heavy atom. The van der Waals surface area contributed by atoms with Crippen LogP contribution in [0.4, 0.5) is 0 Å². The van der Waals surface area contributed by atoms with Crippen LogP contribution in [0.3, 0.4) is 0 Å². The van der Waals surface area contributed by atoms with Gasteiger partial charge in [0.05, 0.1) is 12.7 Å². The smallest absolute Gasteiger partial charge is 0.303 e. The number of rotatable bonds is 8. The fraction of sp³-hybridized carbons (Fsp3) is 0.889. The predicted octanol–water partition coefficient (Wildman–Crippen LogP) is 1.29. The lowest BCUT2D eigenvalue weighted by Gasteiger charge is -2.11. The van der Waals surface area contributed by atoms with Gasteiger partial charge in [0.2, 0.25) is 0 Å². The summed E-state index contributed by atoms with van der Waals surface area (Å²) >= 11 is 0. The number of hydrogen-bond donors (Lipinski definition) is 1. The lowest BCUT2D eigenvalue weighted by Crippen LogP contribution is -2.17. The van der Waals surface area contributed by atoms with Crippen LogP contribution in [-0.2, 0) is 14.3 Å². The van der Waals surface area contributed by atoms with Crippen LogP contribution in [0.5, 0.6) is 0 Å². The highest BCUT2D eigenvalue weighted by Crippen LogP contribution is 1.96. The first-order valence-electron chi connectivity index (χ1n) is 4.58. The van der Waals surface area contributed by atoms with Crippen LogP contribution in [0.1, 0.15) is 26.7 Å². The first kappa shape index (κ1) is 12.4. The number of aliphatic carboxylic acids is 1. The van der Waals surface area contributed by atoms with Gasteiger partial charge >= 0.3 is 5.97 Å². The van der Waals surface area contributed by atoms with E-state index >= 15 is 0 Å². The van der Waals surface area contributed by atoms with Gasteiger partial charge in [0.15, 0.2) is 0 Å². The molecule has 0 aromatic carbocycles. The summed E-state index contributed by atoms with van der Waals surface area (Å²) in [6, 6.07) is 0. The molecule has 0 saturated carbocycles. The first-order valence-corrected chi connectivity index (χ1v) is 4.58. The minimum Gasteiger partial charge on any atom is -0.481 e. The summed E-state index contributed by atoms with van der Waals surface area (Å²) in [4.78, 5) is 10.1. The molecule has 1 atom stereocenters. The minimum atomic E-state index is -0.777. The Kier molecular flexibility index (Phi) is 7.63. The second-order valence-corrected chi connectivity index (χ2v) is 2.84. The zero-order valence-electron chi connectivity index (χ0n) is 8.28. The standard InChI is InChI=1S/C9H18O4/c1-3-12-7-8(2)13-6-4-5-9(10)11/h8H,3-7H2,1-2H3,(H,10,11). The van der Waals surface area contributed by atoms with Crippen molar-refractivity contribution < 1.29 is 19.4 Å². The minimum absolute atomic E-state index is 0.0498. The van der Waals surface area contributed by atoms with Crippen LogP contribution in [-0.4, -0.2) is 37.0 Å². The van der Waals surface area contributed by atoms with Gasteiger partial charge in [-0.1, -0.05) is 0 Å². The molecule has 0 saturated heterocycles. The summed E-state index contributed by atoms with van der Waals surface area (Å²) in [6.45, 7) is 5.58. The zero-order chi connectivity index (χ0) is 10.1. The molecule has 4 nitrogen and oxygen atoms in total. The number of carbonyl (C=O) groups is 1. The Hall–Kier alpha value is -0.610. The molecule has 13 heavy (non-hydrogen) atoms. The van der Waals surface area contributed by atoms with Gasteiger partial charge in [-0.05, 0) is 20.3 Å². The second-order valence-electron chi connectivity index (χ2n) is 2.84. The largest absolute Gasteiger partial charge is 0.481 e. The van der Waals surface area contributed by atoms with E-state index < -0.39 is 5.97 Å². The third-order valence-corrected chi connectivity index (χ3v) is 1.49. The molecular formula is C9H18O4. The van der Waals surface area contributed by atoms with E-state index in [1.807, 2.05) is 13.8 Å². The van der Waals surface area contributed by atoms with Crippen molar-refractivity contribution >= 4 is 5.97 Å². The lowest BCUT2D eigenvalue weighted by atomic mass is 10.3. The molecule has 1 unspecified atom stereocenters. The third kappa shape index (κ3) is 9.30. The molecule has 0 aliphatic heterocycles. The number of hydrogen-bond acceptors (Lipinski definition) is 3. The van der Waals surface area contributed by atoms with E-state index in [9.17, 15) is 4.79 Å². The monoisotopic (exact) mass is 190 g/mol. The van der Waals surface area contributed by atoms with E-state index in [1.165, 1.54) is 0 Å². The Bertz CT molecular complexity index is 136. The lowest BCUT2D eigenvalue weighted by molar-refractivity contribution is -0.137. The van der Waals surface area contributed by atoms with Crippen LogP contribution in [0, 0.1) is 0 Å². The molecule has 0 fully saturated rings. The predicted molar refractivity (Wildman–Crippen MR) is 48.8 cm³/mol. The van der Waals surface area contributed by atoms with Gasteiger partial charge in [0.1, 0.15) is 0 Å². The maximum absolute atomic E-state index is 10.1. The summed E-state index contributed by atoms with van der Waals surface area (Å²) in [5.74, 6) is -0.777. The second kappa shape index (κ2) is 8.01. The molecule has 0 heterocycles.